The summed E-state index contributed by atoms with van der Waals surface area (Å²) in [7, 11) is 0. The molecule has 0 aliphatic heterocycles. The van der Waals surface area contributed by atoms with Crippen LogP contribution in [0.2, 0.25) is 0 Å². The Morgan fingerprint density at radius 2 is 2.33 bits per heavy atom. The summed E-state index contributed by atoms with van der Waals surface area (Å²) in [6, 6.07) is 6.00. The number of thiocarbonyl (C=S) groups is 1. The number of nitrogens with two attached hydrogens (primary N) is 1. The maximum atomic E-state index is 5.71. The molecule has 3 N–H and O–H groups in total. The Labute approximate surface area is 111 Å². The minimum absolute atomic E-state index is 0.405. The Bertz CT molecular complexity index is 535. The Morgan fingerprint density at radius 1 is 1.50 bits per heavy atom. The Kier molecular flexibility index (Phi) is 3.88. The minimum Gasteiger partial charge on any atom is -0.389 e. The predicted octanol–water partition coefficient (Wildman–Crippen LogP) is 1.33. The van der Waals surface area contributed by atoms with Crippen LogP contribution in [0.1, 0.15) is 11.1 Å². The molecule has 0 fully saturated rings. The van der Waals surface area contributed by atoms with Gasteiger partial charge in [-0.3, -0.25) is 4.68 Å². The molecule has 1 heterocycles. The summed E-state index contributed by atoms with van der Waals surface area (Å²) in [5.74, 6) is 0. The molecule has 0 bridgehead atoms. The lowest BCUT2D eigenvalue weighted by molar-refractivity contribution is 0.609. The average molecular weight is 261 g/mol. The number of anilines is 1. The summed E-state index contributed by atoms with van der Waals surface area (Å²) in [5, 5.41) is 10.9. The fourth-order valence-corrected chi connectivity index (χ4v) is 1.84. The molecule has 0 amide bonds. The van der Waals surface area contributed by atoms with Gasteiger partial charge in [0.2, 0.25) is 0 Å². The Morgan fingerprint density at radius 3 is 3.00 bits per heavy atom. The summed E-state index contributed by atoms with van der Waals surface area (Å²) in [6.07, 6.45) is 3.48. The largest absolute Gasteiger partial charge is 0.389 e. The van der Waals surface area contributed by atoms with Crippen LogP contribution in [0, 0.1) is 6.92 Å². The molecule has 5 nitrogen and oxygen atoms in total. The molecule has 0 aliphatic rings. The monoisotopic (exact) mass is 261 g/mol. The quantitative estimate of drug-likeness (QED) is 0.795. The van der Waals surface area contributed by atoms with E-state index in [0.717, 1.165) is 29.9 Å². The van der Waals surface area contributed by atoms with Gasteiger partial charge in [0.1, 0.15) is 4.99 Å². The summed E-state index contributed by atoms with van der Waals surface area (Å²) < 4.78 is 1.77. The fourth-order valence-electron chi connectivity index (χ4n) is 1.67. The van der Waals surface area contributed by atoms with Crippen LogP contribution < -0.4 is 11.1 Å². The molecular weight excluding hydrogens is 246 g/mol. The normalized spacial score (nSPS) is 10.3. The van der Waals surface area contributed by atoms with E-state index in [0.29, 0.717) is 4.99 Å². The van der Waals surface area contributed by atoms with Crippen molar-refractivity contribution in [2.75, 3.05) is 11.9 Å². The van der Waals surface area contributed by atoms with Gasteiger partial charge in [0.25, 0.3) is 0 Å². The number of hydrogen-bond acceptors (Lipinski definition) is 4. The number of rotatable bonds is 5. The van der Waals surface area contributed by atoms with Crippen molar-refractivity contribution in [3.63, 3.8) is 0 Å². The van der Waals surface area contributed by atoms with Crippen LogP contribution >= 0.6 is 12.2 Å². The fraction of sp³-hybridized carbons (Fsp3) is 0.250. The second-order valence-electron chi connectivity index (χ2n) is 4.01. The molecule has 1 aromatic carbocycles. The van der Waals surface area contributed by atoms with Crippen LogP contribution in [-0.2, 0) is 6.54 Å². The van der Waals surface area contributed by atoms with Gasteiger partial charge in [-0.1, -0.05) is 29.1 Å². The molecule has 0 unspecified atom stereocenters. The summed E-state index contributed by atoms with van der Waals surface area (Å²) >= 11 is 5.05. The van der Waals surface area contributed by atoms with Crippen LogP contribution in [0.4, 0.5) is 5.69 Å². The third-order valence-corrected chi connectivity index (χ3v) is 2.79. The first kappa shape index (κ1) is 12.5. The highest BCUT2D eigenvalue weighted by Gasteiger charge is 2.05. The molecule has 6 heteroatoms. The second kappa shape index (κ2) is 5.59. The molecular formula is C12H15N5S. The van der Waals surface area contributed by atoms with Crippen molar-refractivity contribution in [1.29, 1.82) is 0 Å². The lowest BCUT2D eigenvalue weighted by Gasteiger charge is -2.11. The van der Waals surface area contributed by atoms with Crippen molar-refractivity contribution in [1.82, 2.24) is 15.0 Å². The van der Waals surface area contributed by atoms with E-state index in [-0.39, 0.29) is 0 Å². The van der Waals surface area contributed by atoms with Gasteiger partial charge in [-0.15, -0.1) is 5.10 Å². The average Bonchev–Trinajstić information content (AvgIpc) is 2.84. The van der Waals surface area contributed by atoms with Gasteiger partial charge in [-0.2, -0.15) is 0 Å². The van der Waals surface area contributed by atoms with Gasteiger partial charge in [-0.05, 0) is 19.1 Å². The summed E-state index contributed by atoms with van der Waals surface area (Å²) in [6.45, 7) is 3.49. The zero-order valence-electron chi connectivity index (χ0n) is 10.1. The number of benzene rings is 1. The molecule has 0 atom stereocenters. The first-order valence-electron chi connectivity index (χ1n) is 5.65. The number of aryl methyl sites for hydroxylation is 1. The smallest absolute Gasteiger partial charge is 0.106 e. The molecule has 0 radical (unpaired) electrons. The molecule has 0 aliphatic carbocycles. The van der Waals surface area contributed by atoms with Crippen molar-refractivity contribution >= 4 is 22.9 Å². The van der Waals surface area contributed by atoms with E-state index in [9.17, 15) is 0 Å². The summed E-state index contributed by atoms with van der Waals surface area (Å²) in [5.41, 5.74) is 8.68. The van der Waals surface area contributed by atoms with Crippen molar-refractivity contribution in [2.45, 2.75) is 13.5 Å². The molecule has 1 aromatic heterocycles. The second-order valence-corrected chi connectivity index (χ2v) is 4.45. The highest BCUT2D eigenvalue weighted by molar-refractivity contribution is 7.80. The van der Waals surface area contributed by atoms with Crippen LogP contribution in [0.3, 0.4) is 0 Å². The van der Waals surface area contributed by atoms with Crippen LogP contribution in [0.25, 0.3) is 0 Å². The Hall–Kier alpha value is -1.95. The van der Waals surface area contributed by atoms with E-state index in [1.165, 1.54) is 0 Å². The first-order valence-corrected chi connectivity index (χ1v) is 6.06. The van der Waals surface area contributed by atoms with Crippen LogP contribution in [-0.4, -0.2) is 26.5 Å². The predicted molar refractivity (Wildman–Crippen MR) is 75.6 cm³/mol. The Balaban J connectivity index is 2.02. The molecule has 0 saturated carbocycles. The molecule has 0 saturated heterocycles. The zero-order chi connectivity index (χ0) is 13.0. The topological polar surface area (TPSA) is 68.8 Å². The lowest BCUT2D eigenvalue weighted by Crippen LogP contribution is -2.16. The SMILES string of the molecule is Cc1ccc(NCCn2ccnn2)c(C(N)=S)c1. The first-order chi connectivity index (χ1) is 8.66. The molecule has 2 rings (SSSR count). The van der Waals surface area contributed by atoms with Gasteiger partial charge in [-0.25, -0.2) is 0 Å². The van der Waals surface area contributed by atoms with E-state index in [4.69, 9.17) is 18.0 Å². The maximum Gasteiger partial charge on any atom is 0.106 e. The standard InChI is InChI=1S/C12H15N5S/c1-9-2-3-11(10(8-9)12(13)18)14-4-6-17-7-5-15-16-17/h2-3,5,7-8,14H,4,6H2,1H3,(H2,13,18). The van der Waals surface area contributed by atoms with Crippen LogP contribution in [0.5, 0.6) is 0 Å². The van der Waals surface area contributed by atoms with Crippen LogP contribution in [0.15, 0.2) is 30.6 Å². The van der Waals surface area contributed by atoms with Gasteiger partial charge < -0.3 is 11.1 Å². The highest BCUT2D eigenvalue weighted by Crippen LogP contribution is 2.17. The summed E-state index contributed by atoms with van der Waals surface area (Å²) in [4.78, 5) is 0.405. The third-order valence-electron chi connectivity index (χ3n) is 2.57. The number of aromatic nitrogens is 3. The molecule has 94 valence electrons. The van der Waals surface area contributed by atoms with Crippen molar-refractivity contribution in [3.05, 3.63) is 41.7 Å². The van der Waals surface area contributed by atoms with Gasteiger partial charge in [0.15, 0.2) is 0 Å². The highest BCUT2D eigenvalue weighted by atomic mass is 32.1. The van der Waals surface area contributed by atoms with Gasteiger partial charge >= 0.3 is 0 Å². The molecule has 0 spiro atoms. The zero-order valence-corrected chi connectivity index (χ0v) is 10.9. The minimum atomic E-state index is 0.405. The number of nitrogens with zero attached hydrogens (tertiary/aromatic N) is 3. The third kappa shape index (κ3) is 3.04. The van der Waals surface area contributed by atoms with Gasteiger partial charge in [0, 0.05) is 24.0 Å². The maximum absolute atomic E-state index is 5.71. The van der Waals surface area contributed by atoms with Crippen molar-refractivity contribution in [3.8, 4) is 0 Å². The van der Waals surface area contributed by atoms with Crippen molar-refractivity contribution in [2.24, 2.45) is 5.73 Å². The lowest BCUT2D eigenvalue weighted by atomic mass is 10.1. The van der Waals surface area contributed by atoms with E-state index in [1.54, 1.807) is 10.9 Å². The number of nitrogens with one attached hydrogen (secondary N) is 1. The van der Waals surface area contributed by atoms with E-state index < -0.39 is 0 Å². The molecule has 2 aromatic rings. The number of hydrogen-bond donors (Lipinski definition) is 2. The van der Waals surface area contributed by atoms with Crippen molar-refractivity contribution < 1.29 is 0 Å². The molecule has 18 heavy (non-hydrogen) atoms. The van der Waals surface area contributed by atoms with E-state index >= 15 is 0 Å². The van der Waals surface area contributed by atoms with Gasteiger partial charge in [0.05, 0.1) is 12.7 Å². The van der Waals surface area contributed by atoms with E-state index in [2.05, 4.69) is 15.6 Å². The van der Waals surface area contributed by atoms with E-state index in [1.807, 2.05) is 31.3 Å².